The van der Waals surface area contributed by atoms with Crippen molar-refractivity contribution >= 4 is 16.6 Å². The van der Waals surface area contributed by atoms with E-state index in [0.717, 1.165) is 5.56 Å². The van der Waals surface area contributed by atoms with E-state index in [2.05, 4.69) is 18.2 Å². The number of benzene rings is 1. The molecule has 0 aliphatic rings. The fourth-order valence-electron chi connectivity index (χ4n) is 1.96. The Morgan fingerprint density at radius 3 is 2.24 bits per heavy atom. The summed E-state index contributed by atoms with van der Waals surface area (Å²) >= 11 is 0. The zero-order chi connectivity index (χ0) is 13.0. The average molecular weight is 252 g/mol. The molecule has 2 nitrogen and oxygen atoms in total. The molecule has 0 radical (unpaired) electrons. The Labute approximate surface area is 106 Å². The number of hydrogen-bond donors (Lipinski definition) is 0. The number of Topliss-reactive ketones (excluding diaryl/α,β-unsaturated/α-hetero) is 1. The standard InChI is InChI=1S/C14H20O2S/c1-10-5-11(2)7-14(6-10)9-17(16)13(4)8-12(3)15/h5-7,13H,8-9H2,1-4H3. The van der Waals surface area contributed by atoms with Crippen LogP contribution in [0.4, 0.5) is 0 Å². The molecule has 0 aliphatic carbocycles. The largest absolute Gasteiger partial charge is 0.300 e. The minimum absolute atomic E-state index is 0.0617. The Morgan fingerprint density at radius 1 is 1.24 bits per heavy atom. The van der Waals surface area contributed by atoms with Crippen molar-refractivity contribution in [3.63, 3.8) is 0 Å². The molecular formula is C14H20O2S. The van der Waals surface area contributed by atoms with Crippen molar-refractivity contribution in [1.29, 1.82) is 0 Å². The van der Waals surface area contributed by atoms with Crippen molar-refractivity contribution in [2.75, 3.05) is 0 Å². The summed E-state index contributed by atoms with van der Waals surface area (Å²) in [7, 11) is -0.974. The van der Waals surface area contributed by atoms with Crippen LogP contribution in [0, 0.1) is 13.8 Å². The molecule has 0 aromatic heterocycles. The van der Waals surface area contributed by atoms with Crippen molar-refractivity contribution < 1.29 is 9.00 Å². The molecule has 0 fully saturated rings. The van der Waals surface area contributed by atoms with Gasteiger partial charge in [0.15, 0.2) is 0 Å². The molecule has 1 aromatic carbocycles. The lowest BCUT2D eigenvalue weighted by molar-refractivity contribution is -0.116. The van der Waals surface area contributed by atoms with Gasteiger partial charge in [-0.15, -0.1) is 0 Å². The third kappa shape index (κ3) is 4.82. The molecule has 0 N–H and O–H groups in total. The predicted octanol–water partition coefficient (Wildman–Crippen LogP) is 2.92. The van der Waals surface area contributed by atoms with Crippen LogP contribution < -0.4 is 0 Å². The first kappa shape index (κ1) is 14.1. The van der Waals surface area contributed by atoms with Gasteiger partial charge in [-0.3, -0.25) is 9.00 Å². The van der Waals surface area contributed by atoms with E-state index in [9.17, 15) is 9.00 Å². The van der Waals surface area contributed by atoms with E-state index in [-0.39, 0.29) is 11.0 Å². The SMILES string of the molecule is CC(=O)CC(C)S(=O)Cc1cc(C)cc(C)c1. The van der Waals surface area contributed by atoms with Crippen molar-refractivity contribution in [2.24, 2.45) is 0 Å². The summed E-state index contributed by atoms with van der Waals surface area (Å²) in [5, 5.41) is -0.0617. The molecule has 94 valence electrons. The number of ketones is 1. The van der Waals surface area contributed by atoms with Gasteiger partial charge in [-0.1, -0.05) is 36.2 Å². The molecule has 0 heterocycles. The molecule has 0 aliphatic heterocycles. The molecular weight excluding hydrogens is 232 g/mol. The minimum Gasteiger partial charge on any atom is -0.300 e. The van der Waals surface area contributed by atoms with Crippen LogP contribution in [-0.4, -0.2) is 15.2 Å². The number of aryl methyl sites for hydroxylation is 2. The minimum atomic E-state index is -0.974. The maximum Gasteiger partial charge on any atom is 0.131 e. The van der Waals surface area contributed by atoms with E-state index in [0.29, 0.717) is 12.2 Å². The summed E-state index contributed by atoms with van der Waals surface area (Å²) in [5.74, 6) is 0.642. The van der Waals surface area contributed by atoms with Gasteiger partial charge in [0.05, 0.1) is 0 Å². The second kappa shape index (κ2) is 6.10. The molecule has 3 heteroatoms. The third-order valence-electron chi connectivity index (χ3n) is 2.61. The predicted molar refractivity (Wildman–Crippen MR) is 72.5 cm³/mol. The Bertz CT molecular complexity index is 418. The Morgan fingerprint density at radius 2 is 1.76 bits per heavy atom. The molecule has 0 saturated carbocycles. The highest BCUT2D eigenvalue weighted by Crippen LogP contribution is 2.14. The summed E-state index contributed by atoms with van der Waals surface area (Å²) < 4.78 is 12.0. The van der Waals surface area contributed by atoms with E-state index in [4.69, 9.17) is 0 Å². The molecule has 0 spiro atoms. The Kier molecular flexibility index (Phi) is 5.06. The van der Waals surface area contributed by atoms with E-state index in [1.54, 1.807) is 6.92 Å². The molecule has 0 amide bonds. The van der Waals surface area contributed by atoms with Crippen molar-refractivity contribution in [2.45, 2.75) is 45.1 Å². The molecule has 0 saturated heterocycles. The highest BCUT2D eigenvalue weighted by atomic mass is 32.2. The summed E-state index contributed by atoms with van der Waals surface area (Å²) in [5.41, 5.74) is 3.48. The first-order valence-electron chi connectivity index (χ1n) is 5.82. The van der Waals surface area contributed by atoms with E-state index in [1.165, 1.54) is 11.1 Å². The molecule has 2 unspecified atom stereocenters. The zero-order valence-electron chi connectivity index (χ0n) is 10.9. The maximum absolute atomic E-state index is 12.0. The molecule has 1 rings (SSSR count). The molecule has 0 bridgehead atoms. The van der Waals surface area contributed by atoms with Crippen LogP contribution in [0.25, 0.3) is 0 Å². The second-order valence-corrected chi connectivity index (χ2v) is 6.59. The van der Waals surface area contributed by atoms with Gasteiger partial charge < -0.3 is 0 Å². The lowest BCUT2D eigenvalue weighted by atomic mass is 10.1. The summed E-state index contributed by atoms with van der Waals surface area (Å²) in [6.45, 7) is 7.50. The third-order valence-corrected chi connectivity index (χ3v) is 4.30. The molecule has 17 heavy (non-hydrogen) atoms. The monoisotopic (exact) mass is 252 g/mol. The van der Waals surface area contributed by atoms with Crippen LogP contribution in [0.5, 0.6) is 0 Å². The van der Waals surface area contributed by atoms with Gasteiger partial charge in [0.25, 0.3) is 0 Å². The summed E-state index contributed by atoms with van der Waals surface area (Å²) in [4.78, 5) is 11.0. The fourth-order valence-corrected chi connectivity index (χ4v) is 3.16. The Balaban J connectivity index is 2.70. The summed E-state index contributed by atoms with van der Waals surface area (Å²) in [6, 6.07) is 6.22. The zero-order valence-corrected chi connectivity index (χ0v) is 11.8. The fraction of sp³-hybridized carbons (Fsp3) is 0.500. The van der Waals surface area contributed by atoms with Gasteiger partial charge in [0, 0.05) is 28.2 Å². The number of hydrogen-bond acceptors (Lipinski definition) is 2. The quantitative estimate of drug-likeness (QED) is 0.807. The molecule has 2 atom stereocenters. The van der Waals surface area contributed by atoms with Crippen LogP contribution >= 0.6 is 0 Å². The van der Waals surface area contributed by atoms with Crippen LogP contribution in [0.15, 0.2) is 18.2 Å². The van der Waals surface area contributed by atoms with E-state index < -0.39 is 10.8 Å². The second-order valence-electron chi connectivity index (χ2n) is 4.74. The van der Waals surface area contributed by atoms with Gasteiger partial charge in [-0.25, -0.2) is 0 Å². The van der Waals surface area contributed by atoms with Gasteiger partial charge >= 0.3 is 0 Å². The Hall–Kier alpha value is -0.960. The average Bonchev–Trinajstić information content (AvgIpc) is 2.14. The first-order chi connectivity index (χ1) is 7.88. The van der Waals surface area contributed by atoms with Gasteiger partial charge in [-0.05, 0) is 26.3 Å². The van der Waals surface area contributed by atoms with E-state index >= 15 is 0 Å². The van der Waals surface area contributed by atoms with Crippen LogP contribution in [0.1, 0.15) is 37.0 Å². The maximum atomic E-state index is 12.0. The summed E-state index contributed by atoms with van der Waals surface area (Å²) in [6.07, 6.45) is 0.400. The van der Waals surface area contributed by atoms with Crippen LogP contribution in [0.2, 0.25) is 0 Å². The normalized spacial score (nSPS) is 14.4. The van der Waals surface area contributed by atoms with Crippen LogP contribution in [-0.2, 0) is 21.3 Å². The first-order valence-corrected chi connectivity index (χ1v) is 7.20. The lowest BCUT2D eigenvalue weighted by Gasteiger charge is -2.10. The topological polar surface area (TPSA) is 34.1 Å². The number of carbonyl (C=O) groups is 1. The highest BCUT2D eigenvalue weighted by molar-refractivity contribution is 7.84. The van der Waals surface area contributed by atoms with Crippen molar-refractivity contribution in [3.05, 3.63) is 34.9 Å². The van der Waals surface area contributed by atoms with Gasteiger partial charge in [-0.2, -0.15) is 0 Å². The van der Waals surface area contributed by atoms with Crippen LogP contribution in [0.3, 0.4) is 0 Å². The molecule has 1 aromatic rings. The number of rotatable bonds is 5. The van der Waals surface area contributed by atoms with Gasteiger partial charge in [0.1, 0.15) is 5.78 Å². The van der Waals surface area contributed by atoms with Crippen molar-refractivity contribution in [3.8, 4) is 0 Å². The van der Waals surface area contributed by atoms with Gasteiger partial charge in [0.2, 0.25) is 0 Å². The highest BCUT2D eigenvalue weighted by Gasteiger charge is 2.13. The number of carbonyl (C=O) groups excluding carboxylic acids is 1. The smallest absolute Gasteiger partial charge is 0.131 e. The lowest BCUT2D eigenvalue weighted by Crippen LogP contribution is -2.16. The van der Waals surface area contributed by atoms with E-state index in [1.807, 2.05) is 20.8 Å². The van der Waals surface area contributed by atoms with Crippen molar-refractivity contribution in [1.82, 2.24) is 0 Å².